The summed E-state index contributed by atoms with van der Waals surface area (Å²) < 4.78 is 13.1. The van der Waals surface area contributed by atoms with E-state index in [0.29, 0.717) is 0 Å². The third kappa shape index (κ3) is 3.87. The molecule has 1 aliphatic rings. The number of rotatable bonds is 2. The van der Waals surface area contributed by atoms with Gasteiger partial charge in [-0.1, -0.05) is 135 Å². The van der Waals surface area contributed by atoms with Gasteiger partial charge in [-0.2, -0.15) is 0 Å². The molecular weight excluding hydrogens is 645 g/mol. The van der Waals surface area contributed by atoms with Gasteiger partial charge in [-0.3, -0.25) is 0 Å². The minimum Gasteiger partial charge on any atom is -0.452 e. The van der Waals surface area contributed by atoms with E-state index in [-0.39, 0.29) is 5.41 Å². The van der Waals surface area contributed by atoms with Crippen LogP contribution in [0.3, 0.4) is 0 Å². The van der Waals surface area contributed by atoms with Gasteiger partial charge in [0, 0.05) is 32.5 Å². The van der Waals surface area contributed by atoms with E-state index < -0.39 is 0 Å². The molecule has 2 nitrogen and oxygen atoms in total. The van der Waals surface area contributed by atoms with Crippen LogP contribution >= 0.6 is 0 Å². The second-order valence-electron chi connectivity index (χ2n) is 15.2. The molecule has 248 valence electrons. The molecule has 0 bridgehead atoms. The van der Waals surface area contributed by atoms with E-state index in [1.807, 2.05) is 12.1 Å². The summed E-state index contributed by atoms with van der Waals surface area (Å²) in [4.78, 5) is 0. The van der Waals surface area contributed by atoms with Gasteiger partial charge in [0.1, 0.15) is 11.2 Å². The van der Waals surface area contributed by atoms with Crippen LogP contribution in [0.5, 0.6) is 0 Å². The van der Waals surface area contributed by atoms with Crippen molar-refractivity contribution >= 4 is 76.2 Å². The Balaban J connectivity index is 0.981. The molecule has 2 heteroatoms. The summed E-state index contributed by atoms with van der Waals surface area (Å²) in [5.41, 5.74) is 13.2. The predicted octanol–water partition coefficient (Wildman–Crippen LogP) is 14.6. The summed E-state index contributed by atoms with van der Waals surface area (Å²) in [6.45, 7) is 4.73. The molecule has 0 amide bonds. The van der Waals surface area contributed by atoms with Gasteiger partial charge >= 0.3 is 0 Å². The lowest BCUT2D eigenvalue weighted by molar-refractivity contribution is 0.634. The molecule has 0 atom stereocenters. The van der Waals surface area contributed by atoms with E-state index in [2.05, 4.69) is 159 Å². The van der Waals surface area contributed by atoms with Crippen LogP contribution in [-0.4, -0.2) is 0 Å². The standard InChI is InChI=1S/C51H32O2/c1-51(2)45-27-30(29-18-21-37-35-12-4-3-10-33(35)34-11-5-6-13-36(34)44(37)26-29)19-22-38(45)39-23-20-31(28-46(39)51)32-15-9-16-41-43-25-24-42-40-14-7-8-17-47(40)52-49(42)50(43)53-48(32)41/h3-28H,1-2H3. The first-order chi connectivity index (χ1) is 26.0. The Hall–Kier alpha value is -6.64. The zero-order chi connectivity index (χ0) is 35.0. The van der Waals surface area contributed by atoms with E-state index in [4.69, 9.17) is 8.83 Å². The third-order valence-corrected chi connectivity index (χ3v) is 12.1. The molecule has 0 unspecified atom stereocenters. The SMILES string of the molecule is CC1(C)c2cc(-c3ccc4c5ccccc5c5ccccc5c4c3)ccc2-c2ccc(-c3cccc4c3oc3c4ccc4c5ccccc5oc43)cc21. The predicted molar refractivity (Wildman–Crippen MR) is 222 cm³/mol. The van der Waals surface area contributed by atoms with Gasteiger partial charge in [0.05, 0.1) is 0 Å². The van der Waals surface area contributed by atoms with Crippen LogP contribution in [0.15, 0.2) is 167 Å². The first kappa shape index (κ1) is 29.0. The Morgan fingerprint density at radius 1 is 0.321 bits per heavy atom. The number of hydrogen-bond donors (Lipinski definition) is 0. The molecule has 0 saturated carbocycles. The van der Waals surface area contributed by atoms with E-state index >= 15 is 0 Å². The van der Waals surface area contributed by atoms with Gasteiger partial charge in [-0.25, -0.2) is 0 Å². The van der Waals surface area contributed by atoms with Crippen LogP contribution in [0.4, 0.5) is 0 Å². The second kappa shape index (κ2) is 10.2. The molecule has 0 fully saturated rings. The zero-order valence-electron chi connectivity index (χ0n) is 29.3. The molecule has 1 aliphatic carbocycles. The lowest BCUT2D eigenvalue weighted by atomic mass is 9.80. The molecule has 11 aromatic rings. The maximum atomic E-state index is 6.77. The highest BCUT2D eigenvalue weighted by molar-refractivity contribution is 6.26. The Morgan fingerprint density at radius 3 is 1.51 bits per heavy atom. The largest absolute Gasteiger partial charge is 0.452 e. The fraction of sp³-hybridized carbons (Fsp3) is 0.0588. The number of hydrogen-bond acceptors (Lipinski definition) is 2. The van der Waals surface area contributed by atoms with Crippen molar-refractivity contribution in [3.63, 3.8) is 0 Å². The van der Waals surface area contributed by atoms with Crippen LogP contribution in [0, 0.1) is 0 Å². The first-order valence-electron chi connectivity index (χ1n) is 18.4. The van der Waals surface area contributed by atoms with Gasteiger partial charge in [0.25, 0.3) is 0 Å². The van der Waals surface area contributed by atoms with E-state index in [1.165, 1.54) is 65.7 Å². The Labute approximate surface area is 305 Å². The number of furan rings is 2. The average Bonchev–Trinajstić information content (AvgIpc) is 3.85. The lowest BCUT2D eigenvalue weighted by Crippen LogP contribution is -2.15. The van der Waals surface area contributed by atoms with Crippen LogP contribution in [0.1, 0.15) is 25.0 Å². The molecule has 0 aliphatic heterocycles. The fourth-order valence-electron chi connectivity index (χ4n) is 9.44. The molecule has 0 spiro atoms. The molecular formula is C51H32O2. The van der Waals surface area contributed by atoms with E-state index in [0.717, 1.165) is 55.0 Å². The molecule has 12 rings (SSSR count). The summed E-state index contributed by atoms with van der Waals surface area (Å²) in [7, 11) is 0. The van der Waals surface area contributed by atoms with E-state index in [1.54, 1.807) is 0 Å². The van der Waals surface area contributed by atoms with Gasteiger partial charge in [-0.05, 0) is 108 Å². The first-order valence-corrected chi connectivity index (χ1v) is 18.4. The lowest BCUT2D eigenvalue weighted by Gasteiger charge is -2.23. The van der Waals surface area contributed by atoms with Crippen molar-refractivity contribution in [1.29, 1.82) is 0 Å². The van der Waals surface area contributed by atoms with E-state index in [9.17, 15) is 0 Å². The van der Waals surface area contributed by atoms with Crippen molar-refractivity contribution in [3.8, 4) is 33.4 Å². The maximum Gasteiger partial charge on any atom is 0.178 e. The fourth-order valence-corrected chi connectivity index (χ4v) is 9.44. The van der Waals surface area contributed by atoms with Gasteiger partial charge < -0.3 is 8.83 Å². The summed E-state index contributed by atoms with van der Waals surface area (Å²) in [5, 5.41) is 12.2. The van der Waals surface area contributed by atoms with Crippen molar-refractivity contribution in [2.24, 2.45) is 0 Å². The van der Waals surface area contributed by atoms with Crippen LogP contribution in [-0.2, 0) is 5.41 Å². The molecule has 53 heavy (non-hydrogen) atoms. The van der Waals surface area contributed by atoms with Crippen LogP contribution < -0.4 is 0 Å². The van der Waals surface area contributed by atoms with Gasteiger partial charge in [0.2, 0.25) is 0 Å². The van der Waals surface area contributed by atoms with Crippen molar-refractivity contribution < 1.29 is 8.83 Å². The Bertz CT molecular complexity index is 3330. The van der Waals surface area contributed by atoms with Crippen molar-refractivity contribution in [2.75, 3.05) is 0 Å². The minimum atomic E-state index is -0.182. The zero-order valence-corrected chi connectivity index (χ0v) is 29.3. The Kier molecular flexibility index (Phi) is 5.60. The molecule has 0 N–H and O–H groups in total. The highest BCUT2D eigenvalue weighted by Gasteiger charge is 2.36. The monoisotopic (exact) mass is 676 g/mol. The summed E-state index contributed by atoms with van der Waals surface area (Å²) >= 11 is 0. The van der Waals surface area contributed by atoms with Crippen molar-refractivity contribution in [2.45, 2.75) is 19.3 Å². The summed E-state index contributed by atoms with van der Waals surface area (Å²) in [5.74, 6) is 0. The number of benzene rings is 9. The van der Waals surface area contributed by atoms with Crippen molar-refractivity contribution in [3.05, 3.63) is 169 Å². The van der Waals surface area contributed by atoms with Gasteiger partial charge in [-0.15, -0.1) is 0 Å². The topological polar surface area (TPSA) is 26.3 Å². The average molecular weight is 677 g/mol. The van der Waals surface area contributed by atoms with Crippen LogP contribution in [0.25, 0.3) is 110 Å². The maximum absolute atomic E-state index is 6.77. The highest BCUT2D eigenvalue weighted by Crippen LogP contribution is 2.51. The number of para-hydroxylation sites is 2. The van der Waals surface area contributed by atoms with Gasteiger partial charge in [0.15, 0.2) is 11.2 Å². The smallest absolute Gasteiger partial charge is 0.178 e. The second-order valence-corrected chi connectivity index (χ2v) is 15.2. The molecule has 9 aromatic carbocycles. The van der Waals surface area contributed by atoms with Crippen LogP contribution in [0.2, 0.25) is 0 Å². The highest BCUT2D eigenvalue weighted by atomic mass is 16.4. The minimum absolute atomic E-state index is 0.182. The molecule has 2 aromatic heterocycles. The van der Waals surface area contributed by atoms with Crippen molar-refractivity contribution in [1.82, 2.24) is 0 Å². The Morgan fingerprint density at radius 2 is 0.792 bits per heavy atom. The normalized spacial score (nSPS) is 13.6. The summed E-state index contributed by atoms with van der Waals surface area (Å²) in [6, 6.07) is 57.6. The number of fused-ring (bicyclic) bond motifs is 16. The molecule has 0 saturated heterocycles. The summed E-state index contributed by atoms with van der Waals surface area (Å²) in [6.07, 6.45) is 0. The molecule has 2 heterocycles. The molecule has 0 radical (unpaired) electrons. The third-order valence-electron chi connectivity index (χ3n) is 12.1. The quantitative estimate of drug-likeness (QED) is 0.170.